The molecular formula is C31H49ClN4O2S2. The van der Waals surface area contributed by atoms with Gasteiger partial charge >= 0.3 is 0 Å². The van der Waals surface area contributed by atoms with E-state index in [1.165, 1.54) is 37.7 Å². The lowest BCUT2D eigenvalue weighted by Crippen LogP contribution is -2.56. The summed E-state index contributed by atoms with van der Waals surface area (Å²) in [4.78, 5) is 31.6. The minimum absolute atomic E-state index is 0. The van der Waals surface area contributed by atoms with E-state index in [1.807, 2.05) is 20.8 Å². The van der Waals surface area contributed by atoms with E-state index in [1.54, 1.807) is 16.7 Å². The molecule has 2 heterocycles. The van der Waals surface area contributed by atoms with Gasteiger partial charge in [0.25, 0.3) is 0 Å². The molecule has 0 bridgehead atoms. The van der Waals surface area contributed by atoms with Crippen LogP contribution in [0.5, 0.6) is 0 Å². The van der Waals surface area contributed by atoms with E-state index < -0.39 is 11.5 Å². The second kappa shape index (κ2) is 15.8. The highest BCUT2D eigenvalue weighted by atomic mass is 35.5. The van der Waals surface area contributed by atoms with Gasteiger partial charge in [0.1, 0.15) is 6.04 Å². The van der Waals surface area contributed by atoms with Crippen LogP contribution in [0.25, 0.3) is 0 Å². The lowest BCUT2D eigenvalue weighted by atomic mass is 9.85. The topological polar surface area (TPSA) is 64.7 Å². The summed E-state index contributed by atoms with van der Waals surface area (Å²) in [6, 6.07) is 10.4. The maximum absolute atomic E-state index is 13.5. The van der Waals surface area contributed by atoms with Crippen LogP contribution >= 0.6 is 36.4 Å². The molecule has 0 aromatic heterocycles. The number of likely N-dealkylation sites (tertiary alicyclic amines) is 1. The average molecular weight is 609 g/mol. The molecule has 2 saturated heterocycles. The summed E-state index contributed by atoms with van der Waals surface area (Å²) in [5, 5.41) is 6.95. The number of hydrogen-bond acceptors (Lipinski definition) is 5. The lowest BCUT2D eigenvalue weighted by molar-refractivity contribution is -0.144. The summed E-state index contributed by atoms with van der Waals surface area (Å²) >= 11 is 7.62. The number of halogens is 1. The normalized spacial score (nSPS) is 21.9. The van der Waals surface area contributed by atoms with E-state index in [9.17, 15) is 9.59 Å². The van der Waals surface area contributed by atoms with E-state index in [0.29, 0.717) is 17.7 Å². The largest absolute Gasteiger partial charge is 0.375 e. The Hall–Kier alpha value is -1.35. The van der Waals surface area contributed by atoms with Gasteiger partial charge in [0, 0.05) is 36.8 Å². The van der Waals surface area contributed by atoms with Crippen molar-refractivity contribution in [2.45, 2.75) is 103 Å². The number of thiocarbonyl (C=S) groups is 1. The predicted octanol–water partition coefficient (Wildman–Crippen LogP) is 5.78. The smallest absolute Gasteiger partial charge is 0.244 e. The van der Waals surface area contributed by atoms with Crippen LogP contribution in [-0.4, -0.2) is 69.4 Å². The van der Waals surface area contributed by atoms with Crippen LogP contribution in [0.3, 0.4) is 0 Å². The Morgan fingerprint density at radius 1 is 1.05 bits per heavy atom. The first-order chi connectivity index (χ1) is 18.7. The van der Waals surface area contributed by atoms with Gasteiger partial charge in [-0.3, -0.25) is 14.5 Å². The van der Waals surface area contributed by atoms with E-state index in [-0.39, 0.29) is 30.3 Å². The van der Waals surface area contributed by atoms with Gasteiger partial charge in [0.05, 0.1) is 16.9 Å². The second-order valence-corrected chi connectivity index (χ2v) is 14.2. The highest BCUT2D eigenvalue weighted by Crippen LogP contribution is 2.29. The third kappa shape index (κ3) is 9.60. The van der Waals surface area contributed by atoms with E-state index >= 15 is 0 Å². The van der Waals surface area contributed by atoms with E-state index in [4.69, 9.17) is 12.2 Å². The number of nitrogens with zero attached hydrogens (tertiary/aromatic N) is 2. The number of carbonyl (C=O) groups excluding carboxylic acids is 2. The van der Waals surface area contributed by atoms with Gasteiger partial charge in [-0.1, -0.05) is 95.4 Å². The Morgan fingerprint density at radius 2 is 1.73 bits per heavy atom. The van der Waals surface area contributed by atoms with Crippen molar-refractivity contribution in [2.75, 3.05) is 24.7 Å². The molecule has 2 aliphatic heterocycles. The fourth-order valence-corrected chi connectivity index (χ4v) is 7.58. The summed E-state index contributed by atoms with van der Waals surface area (Å²) in [5.74, 6) is 1.92. The summed E-state index contributed by atoms with van der Waals surface area (Å²) in [5.41, 5.74) is 0.852. The molecule has 0 unspecified atom stereocenters. The summed E-state index contributed by atoms with van der Waals surface area (Å²) in [6.07, 6.45) is 10.6. The van der Waals surface area contributed by atoms with Gasteiger partial charge in [-0.05, 0) is 37.2 Å². The molecule has 1 aromatic rings. The zero-order chi connectivity index (χ0) is 27.8. The van der Waals surface area contributed by atoms with Crippen LogP contribution in [0.2, 0.25) is 0 Å². The first-order valence-corrected chi connectivity index (χ1v) is 16.5. The number of benzene rings is 1. The molecule has 0 radical (unpaired) electrons. The number of carbonyl (C=O) groups is 2. The molecule has 40 heavy (non-hydrogen) atoms. The summed E-state index contributed by atoms with van der Waals surface area (Å²) < 4.78 is 0. The summed E-state index contributed by atoms with van der Waals surface area (Å²) in [6.45, 7) is 8.83. The second-order valence-electron chi connectivity index (χ2n) is 12.7. The predicted molar refractivity (Wildman–Crippen MR) is 173 cm³/mol. The fraction of sp³-hybridized carbons (Fsp3) is 0.710. The molecule has 1 saturated carbocycles. The molecule has 9 heteroatoms. The lowest BCUT2D eigenvalue weighted by Gasteiger charge is -2.35. The van der Waals surface area contributed by atoms with Gasteiger partial charge in [-0.25, -0.2) is 0 Å². The molecule has 2 N–H and O–H groups in total. The number of thioether (sulfide) groups is 1. The van der Waals surface area contributed by atoms with Crippen LogP contribution in [-0.2, 0) is 16.1 Å². The van der Waals surface area contributed by atoms with Crippen LogP contribution < -0.4 is 10.6 Å². The molecule has 224 valence electrons. The van der Waals surface area contributed by atoms with Crippen LogP contribution in [0.4, 0.5) is 0 Å². The van der Waals surface area contributed by atoms with Crippen molar-refractivity contribution in [2.24, 2.45) is 11.3 Å². The van der Waals surface area contributed by atoms with Crippen molar-refractivity contribution in [1.82, 2.24) is 20.4 Å². The first kappa shape index (κ1) is 33.2. The Labute approximate surface area is 257 Å². The Balaban J connectivity index is 0.00000441. The number of piperidine rings is 1. The van der Waals surface area contributed by atoms with Crippen molar-refractivity contribution >= 4 is 53.2 Å². The fourth-order valence-electron chi connectivity index (χ4n) is 6.08. The molecule has 1 aromatic carbocycles. The number of nitrogens with one attached hydrogen (secondary N) is 2. The van der Waals surface area contributed by atoms with Crippen LogP contribution in [0, 0.1) is 11.3 Å². The maximum atomic E-state index is 13.5. The third-order valence-electron chi connectivity index (χ3n) is 8.49. The molecule has 1 aliphatic carbocycles. The zero-order valence-corrected chi connectivity index (χ0v) is 27.0. The Morgan fingerprint density at radius 3 is 2.38 bits per heavy atom. The minimum Gasteiger partial charge on any atom is -0.375 e. The van der Waals surface area contributed by atoms with E-state index in [2.05, 4.69) is 45.9 Å². The van der Waals surface area contributed by atoms with Crippen LogP contribution in [0.1, 0.15) is 84.1 Å². The van der Waals surface area contributed by atoms with Gasteiger partial charge in [0.15, 0.2) is 0 Å². The van der Waals surface area contributed by atoms with Crippen molar-refractivity contribution in [1.29, 1.82) is 0 Å². The highest BCUT2D eigenvalue weighted by Gasteiger charge is 2.40. The molecule has 0 spiro atoms. The highest BCUT2D eigenvalue weighted by molar-refractivity contribution is 7.99. The van der Waals surface area contributed by atoms with Crippen molar-refractivity contribution in [3.8, 4) is 0 Å². The molecular weight excluding hydrogens is 560 g/mol. The van der Waals surface area contributed by atoms with Crippen molar-refractivity contribution in [3.05, 3.63) is 35.9 Å². The van der Waals surface area contributed by atoms with Crippen molar-refractivity contribution in [3.63, 3.8) is 0 Å². The van der Waals surface area contributed by atoms with Gasteiger partial charge in [-0.15, -0.1) is 24.2 Å². The van der Waals surface area contributed by atoms with Gasteiger partial charge in [0.2, 0.25) is 11.8 Å². The summed E-state index contributed by atoms with van der Waals surface area (Å²) in [7, 11) is 0. The molecule has 3 aliphatic rings. The molecule has 3 fully saturated rings. The quantitative estimate of drug-likeness (QED) is 0.346. The van der Waals surface area contributed by atoms with Gasteiger partial charge < -0.3 is 15.5 Å². The number of amides is 2. The van der Waals surface area contributed by atoms with Gasteiger partial charge in [-0.2, -0.15) is 0 Å². The third-order valence-corrected chi connectivity index (χ3v) is 9.91. The Bertz CT molecular complexity index is 960. The monoisotopic (exact) mass is 608 g/mol. The first-order valence-electron chi connectivity index (χ1n) is 15.0. The van der Waals surface area contributed by atoms with E-state index in [0.717, 1.165) is 56.2 Å². The average Bonchev–Trinajstić information content (AvgIpc) is 3.42. The maximum Gasteiger partial charge on any atom is 0.244 e. The molecule has 4 rings (SSSR count). The molecule has 2 amide bonds. The van der Waals surface area contributed by atoms with Crippen LogP contribution in [0.15, 0.2) is 30.3 Å². The molecule has 6 nitrogen and oxygen atoms in total. The number of rotatable bonds is 9. The minimum atomic E-state index is -0.504. The van der Waals surface area contributed by atoms with Crippen molar-refractivity contribution < 1.29 is 9.59 Å². The standard InChI is InChI=1S/C31H48N4O2S2.ClH/c1-31(2,3)30(37)35-22-39-21-27(35)28(36)33-26(15-14-23-10-6-4-7-11-23)29(38)32-25-16-18-34(19-17-25)20-24-12-8-5-9-13-24;/h5,8-9,12-13,23,25-27H,4,6-7,10-11,14-22H2,1-3H3,(H,32,38)(H,33,36);1H/t26-,27+;/m1./s1. The number of hydrogen-bond donors (Lipinski definition) is 2. The Kier molecular flexibility index (Phi) is 13.1. The molecule has 2 atom stereocenters. The zero-order valence-electron chi connectivity index (χ0n) is 24.5. The SMILES string of the molecule is CC(C)(C)C(=O)N1CSC[C@H]1C(=O)N[C@H](CCC1CCCCC1)C(=S)NC1CCN(Cc2ccccc2)CC1.Cl.